The molecule has 0 heterocycles. The monoisotopic (exact) mass is 152 g/mol. The molecular weight excluding hydrogens is 140 g/mol. The second kappa shape index (κ2) is 3.37. The molecule has 2 nitrogen and oxygen atoms in total. The van der Waals surface area contributed by atoms with E-state index in [9.17, 15) is 4.79 Å². The van der Waals surface area contributed by atoms with Crippen LogP contribution in [-0.4, -0.2) is 12.6 Å². The highest BCUT2D eigenvalue weighted by molar-refractivity contribution is 5.94. The van der Waals surface area contributed by atoms with E-state index in [0.717, 1.165) is 17.6 Å². The largest absolute Gasteiger partial charge is 0.462 e. The Hall–Kier alpha value is -1.05. The average molecular weight is 152 g/mol. The summed E-state index contributed by atoms with van der Waals surface area (Å²) >= 11 is 0. The van der Waals surface area contributed by atoms with Crippen LogP contribution in [-0.2, 0) is 9.53 Å². The average Bonchev–Trinajstić information content (AvgIpc) is 2.36. The lowest BCUT2D eigenvalue weighted by Crippen LogP contribution is -2.06. The minimum atomic E-state index is -0.196. The highest BCUT2D eigenvalue weighted by Crippen LogP contribution is 2.19. The van der Waals surface area contributed by atoms with Gasteiger partial charge in [0.15, 0.2) is 0 Å². The molecule has 0 unspecified atom stereocenters. The molecule has 0 atom stereocenters. The van der Waals surface area contributed by atoms with Crippen molar-refractivity contribution < 1.29 is 9.53 Å². The third-order valence-electron chi connectivity index (χ3n) is 1.67. The SMILES string of the molecule is CCOC(=O)C1=CCC=C1C. The molecule has 0 fully saturated rings. The number of allylic oxidation sites excluding steroid dienone is 2. The Bertz CT molecular complexity index is 224. The summed E-state index contributed by atoms with van der Waals surface area (Å²) in [5.74, 6) is -0.196. The van der Waals surface area contributed by atoms with Gasteiger partial charge in [-0.3, -0.25) is 0 Å². The third kappa shape index (κ3) is 1.70. The van der Waals surface area contributed by atoms with Gasteiger partial charge in [0.1, 0.15) is 0 Å². The first-order valence-corrected chi connectivity index (χ1v) is 3.80. The maximum absolute atomic E-state index is 11.1. The van der Waals surface area contributed by atoms with Crippen LogP contribution in [0.25, 0.3) is 0 Å². The van der Waals surface area contributed by atoms with Gasteiger partial charge >= 0.3 is 5.97 Å². The van der Waals surface area contributed by atoms with Crippen molar-refractivity contribution in [2.24, 2.45) is 0 Å². The van der Waals surface area contributed by atoms with E-state index in [1.165, 1.54) is 0 Å². The highest BCUT2D eigenvalue weighted by Gasteiger charge is 2.14. The van der Waals surface area contributed by atoms with Gasteiger partial charge in [0.2, 0.25) is 0 Å². The normalized spacial score (nSPS) is 15.8. The summed E-state index contributed by atoms with van der Waals surface area (Å²) in [5.41, 5.74) is 1.76. The van der Waals surface area contributed by atoms with Crippen molar-refractivity contribution in [2.75, 3.05) is 6.61 Å². The summed E-state index contributed by atoms with van der Waals surface area (Å²) in [6.45, 7) is 4.19. The molecule has 0 aromatic carbocycles. The topological polar surface area (TPSA) is 26.3 Å². The standard InChI is InChI=1S/C9H12O2/c1-3-11-9(10)8-6-4-5-7(8)2/h5-6H,3-4H2,1-2H3. The molecule has 1 rings (SSSR count). The van der Waals surface area contributed by atoms with Crippen molar-refractivity contribution in [2.45, 2.75) is 20.3 Å². The molecule has 0 bridgehead atoms. The van der Waals surface area contributed by atoms with Crippen molar-refractivity contribution in [3.05, 3.63) is 23.3 Å². The number of hydrogen-bond acceptors (Lipinski definition) is 2. The Labute approximate surface area is 66.5 Å². The van der Waals surface area contributed by atoms with Crippen LogP contribution in [0.15, 0.2) is 23.3 Å². The zero-order valence-corrected chi connectivity index (χ0v) is 6.89. The van der Waals surface area contributed by atoms with Crippen LogP contribution < -0.4 is 0 Å². The number of carbonyl (C=O) groups excluding carboxylic acids is 1. The van der Waals surface area contributed by atoms with Gasteiger partial charge in [-0.1, -0.05) is 12.2 Å². The first-order valence-electron chi connectivity index (χ1n) is 3.80. The fraction of sp³-hybridized carbons (Fsp3) is 0.444. The molecule has 0 radical (unpaired) electrons. The molecule has 1 aliphatic carbocycles. The van der Waals surface area contributed by atoms with Crippen LogP contribution in [0, 0.1) is 0 Å². The maximum Gasteiger partial charge on any atom is 0.338 e. The number of hydrogen-bond donors (Lipinski definition) is 0. The van der Waals surface area contributed by atoms with E-state index in [1.54, 1.807) is 0 Å². The molecule has 0 aromatic heterocycles. The van der Waals surface area contributed by atoms with Crippen LogP contribution >= 0.6 is 0 Å². The van der Waals surface area contributed by atoms with Crippen LogP contribution in [0.3, 0.4) is 0 Å². The van der Waals surface area contributed by atoms with Gasteiger partial charge in [0.05, 0.1) is 12.2 Å². The van der Waals surface area contributed by atoms with E-state index < -0.39 is 0 Å². The third-order valence-corrected chi connectivity index (χ3v) is 1.67. The van der Waals surface area contributed by atoms with Gasteiger partial charge in [-0.25, -0.2) is 4.79 Å². The highest BCUT2D eigenvalue weighted by atomic mass is 16.5. The molecule has 60 valence electrons. The lowest BCUT2D eigenvalue weighted by atomic mass is 10.2. The predicted octanol–water partition coefficient (Wildman–Crippen LogP) is 1.83. The van der Waals surface area contributed by atoms with Crippen molar-refractivity contribution in [1.82, 2.24) is 0 Å². The van der Waals surface area contributed by atoms with Gasteiger partial charge < -0.3 is 4.74 Å². The van der Waals surface area contributed by atoms with Crippen LogP contribution in [0.2, 0.25) is 0 Å². The van der Waals surface area contributed by atoms with E-state index in [1.807, 2.05) is 26.0 Å². The second-order valence-corrected chi connectivity index (χ2v) is 2.46. The molecule has 0 N–H and O–H groups in total. The maximum atomic E-state index is 11.1. The quantitative estimate of drug-likeness (QED) is 0.564. The number of ether oxygens (including phenoxy) is 1. The van der Waals surface area contributed by atoms with Gasteiger partial charge in [-0.15, -0.1) is 0 Å². The van der Waals surface area contributed by atoms with E-state index in [-0.39, 0.29) is 5.97 Å². The molecule has 11 heavy (non-hydrogen) atoms. The van der Waals surface area contributed by atoms with Crippen molar-refractivity contribution >= 4 is 5.97 Å². The van der Waals surface area contributed by atoms with Gasteiger partial charge in [0, 0.05) is 0 Å². The first kappa shape index (κ1) is 8.05. The Morgan fingerprint density at radius 1 is 1.64 bits per heavy atom. The Balaban J connectivity index is 2.61. The molecule has 0 spiro atoms. The summed E-state index contributed by atoms with van der Waals surface area (Å²) in [7, 11) is 0. The zero-order chi connectivity index (χ0) is 8.27. The molecular formula is C9H12O2. The number of carbonyl (C=O) groups is 1. The van der Waals surface area contributed by atoms with Crippen LogP contribution in [0.5, 0.6) is 0 Å². The van der Waals surface area contributed by atoms with Crippen LogP contribution in [0.4, 0.5) is 0 Å². The summed E-state index contributed by atoms with van der Waals surface area (Å²) in [6, 6.07) is 0. The summed E-state index contributed by atoms with van der Waals surface area (Å²) in [6.07, 6.45) is 4.78. The molecule has 0 saturated carbocycles. The smallest absolute Gasteiger partial charge is 0.338 e. The van der Waals surface area contributed by atoms with Gasteiger partial charge in [-0.05, 0) is 25.8 Å². The lowest BCUT2D eigenvalue weighted by Gasteiger charge is -2.02. The molecule has 0 amide bonds. The molecule has 0 saturated heterocycles. The minimum Gasteiger partial charge on any atom is -0.462 e. The van der Waals surface area contributed by atoms with Crippen molar-refractivity contribution in [1.29, 1.82) is 0 Å². The molecule has 0 aliphatic heterocycles. The lowest BCUT2D eigenvalue weighted by molar-refractivity contribution is -0.138. The van der Waals surface area contributed by atoms with E-state index in [4.69, 9.17) is 4.74 Å². The minimum absolute atomic E-state index is 0.196. The van der Waals surface area contributed by atoms with Crippen LogP contribution in [0.1, 0.15) is 20.3 Å². The van der Waals surface area contributed by atoms with E-state index in [0.29, 0.717) is 6.61 Å². The van der Waals surface area contributed by atoms with E-state index >= 15 is 0 Å². The fourth-order valence-electron chi connectivity index (χ4n) is 1.08. The molecule has 0 aromatic rings. The summed E-state index contributed by atoms with van der Waals surface area (Å²) in [4.78, 5) is 11.1. The van der Waals surface area contributed by atoms with Crippen molar-refractivity contribution in [3.63, 3.8) is 0 Å². The number of rotatable bonds is 2. The Kier molecular flexibility index (Phi) is 2.47. The summed E-state index contributed by atoms with van der Waals surface area (Å²) < 4.78 is 4.85. The Morgan fingerprint density at radius 3 is 2.82 bits per heavy atom. The molecule has 2 heteroatoms. The van der Waals surface area contributed by atoms with Gasteiger partial charge in [0.25, 0.3) is 0 Å². The zero-order valence-electron chi connectivity index (χ0n) is 6.89. The second-order valence-electron chi connectivity index (χ2n) is 2.46. The summed E-state index contributed by atoms with van der Waals surface area (Å²) in [5, 5.41) is 0. The van der Waals surface area contributed by atoms with Crippen molar-refractivity contribution in [3.8, 4) is 0 Å². The molecule has 1 aliphatic rings. The number of esters is 1. The fourth-order valence-corrected chi connectivity index (χ4v) is 1.08. The Morgan fingerprint density at radius 2 is 2.36 bits per heavy atom. The van der Waals surface area contributed by atoms with E-state index in [2.05, 4.69) is 0 Å². The first-order chi connectivity index (χ1) is 5.25. The predicted molar refractivity (Wildman–Crippen MR) is 43.1 cm³/mol. The van der Waals surface area contributed by atoms with Gasteiger partial charge in [-0.2, -0.15) is 0 Å².